The summed E-state index contributed by atoms with van der Waals surface area (Å²) in [4.78, 5) is 17.5. The van der Waals surface area contributed by atoms with E-state index in [4.69, 9.17) is 9.47 Å². The topological polar surface area (TPSA) is 94.6 Å². The highest BCUT2D eigenvalue weighted by atomic mass is 32.2. The molecule has 8 heteroatoms. The lowest BCUT2D eigenvalue weighted by atomic mass is 9.88. The highest BCUT2D eigenvalue weighted by molar-refractivity contribution is 7.91. The number of amides is 1. The third kappa shape index (κ3) is 3.27. The highest BCUT2D eigenvalue weighted by Crippen LogP contribution is 2.37. The molecule has 2 aromatic rings. The zero-order valence-electron chi connectivity index (χ0n) is 15.1. The quantitative estimate of drug-likeness (QED) is 0.857. The van der Waals surface area contributed by atoms with Gasteiger partial charge in [-0.2, -0.15) is 0 Å². The minimum atomic E-state index is -3.01. The van der Waals surface area contributed by atoms with Gasteiger partial charge in [-0.1, -0.05) is 6.07 Å². The van der Waals surface area contributed by atoms with Crippen molar-refractivity contribution in [3.8, 4) is 5.75 Å². The number of fused-ring (bicyclic) bond motifs is 1. The predicted octanol–water partition coefficient (Wildman–Crippen LogP) is 1.71. The van der Waals surface area contributed by atoms with E-state index in [2.05, 4.69) is 10.3 Å². The number of ether oxygens (including phenoxy) is 2. The predicted molar refractivity (Wildman–Crippen MR) is 101 cm³/mol. The Labute approximate surface area is 158 Å². The highest BCUT2D eigenvalue weighted by Gasteiger charge is 2.48. The summed E-state index contributed by atoms with van der Waals surface area (Å²) in [6, 6.07) is 6.95. The van der Waals surface area contributed by atoms with Gasteiger partial charge in [0, 0.05) is 18.2 Å². The van der Waals surface area contributed by atoms with Crippen molar-refractivity contribution in [1.82, 2.24) is 10.3 Å². The summed E-state index contributed by atoms with van der Waals surface area (Å²) in [6.07, 6.45) is 3.17. The lowest BCUT2D eigenvalue weighted by Gasteiger charge is -2.37. The first-order chi connectivity index (χ1) is 12.9. The molecule has 2 saturated heterocycles. The van der Waals surface area contributed by atoms with Crippen molar-refractivity contribution in [3.05, 3.63) is 36.0 Å². The fraction of sp³-hybridized carbons (Fsp3) is 0.474. The fourth-order valence-electron chi connectivity index (χ4n) is 4.09. The van der Waals surface area contributed by atoms with Crippen molar-refractivity contribution in [1.29, 1.82) is 0 Å². The number of hydrogen-bond donors (Lipinski definition) is 1. The van der Waals surface area contributed by atoms with Gasteiger partial charge in [-0.3, -0.25) is 9.78 Å². The minimum absolute atomic E-state index is 0.0981. The molecule has 2 fully saturated rings. The maximum Gasteiger partial charge on any atom is 0.256 e. The number of rotatable bonds is 3. The summed E-state index contributed by atoms with van der Waals surface area (Å²) in [7, 11) is -1.48. The smallest absolute Gasteiger partial charge is 0.256 e. The van der Waals surface area contributed by atoms with Gasteiger partial charge in [0.2, 0.25) is 0 Å². The second-order valence-corrected chi connectivity index (χ2v) is 9.40. The van der Waals surface area contributed by atoms with Crippen LogP contribution in [0.4, 0.5) is 0 Å². The van der Waals surface area contributed by atoms with Crippen LogP contribution in [0, 0.1) is 0 Å². The Morgan fingerprint density at radius 2 is 2.07 bits per heavy atom. The third-order valence-electron chi connectivity index (χ3n) is 5.60. The van der Waals surface area contributed by atoms with Crippen LogP contribution in [0.3, 0.4) is 0 Å². The molecule has 1 aromatic carbocycles. The average molecular weight is 390 g/mol. The molecular formula is C19H22N2O5S. The van der Waals surface area contributed by atoms with Crippen LogP contribution in [0.2, 0.25) is 0 Å². The van der Waals surface area contributed by atoms with Gasteiger partial charge in [0.1, 0.15) is 5.75 Å². The van der Waals surface area contributed by atoms with E-state index in [0.717, 1.165) is 0 Å². The van der Waals surface area contributed by atoms with Crippen LogP contribution in [-0.4, -0.2) is 56.2 Å². The molecule has 1 spiro atoms. The number of sulfone groups is 1. The van der Waals surface area contributed by atoms with Crippen LogP contribution >= 0.6 is 0 Å². The van der Waals surface area contributed by atoms with E-state index in [9.17, 15) is 13.2 Å². The SMILES string of the molecule is COc1ccc2ncccc2c1C(=O)NC1CCOC12CCS(=O)(=O)CC2. The summed E-state index contributed by atoms with van der Waals surface area (Å²) in [6.45, 7) is 0.513. The molecule has 0 aliphatic carbocycles. The molecule has 4 rings (SSSR count). The molecule has 0 radical (unpaired) electrons. The van der Waals surface area contributed by atoms with Gasteiger partial charge in [-0.15, -0.1) is 0 Å². The van der Waals surface area contributed by atoms with Gasteiger partial charge < -0.3 is 14.8 Å². The van der Waals surface area contributed by atoms with Crippen molar-refractivity contribution in [2.45, 2.75) is 30.9 Å². The molecule has 7 nitrogen and oxygen atoms in total. The number of benzene rings is 1. The largest absolute Gasteiger partial charge is 0.496 e. The first-order valence-corrected chi connectivity index (χ1v) is 10.8. The van der Waals surface area contributed by atoms with Crippen LogP contribution in [0.15, 0.2) is 30.5 Å². The van der Waals surface area contributed by atoms with Gasteiger partial charge in [-0.25, -0.2) is 8.42 Å². The van der Waals surface area contributed by atoms with Crippen LogP contribution in [0.5, 0.6) is 5.75 Å². The normalized spacial score (nSPS) is 23.4. The van der Waals surface area contributed by atoms with E-state index < -0.39 is 15.4 Å². The zero-order chi connectivity index (χ0) is 19.1. The van der Waals surface area contributed by atoms with E-state index >= 15 is 0 Å². The van der Waals surface area contributed by atoms with E-state index in [1.54, 1.807) is 18.3 Å². The first-order valence-electron chi connectivity index (χ1n) is 9.01. The zero-order valence-corrected chi connectivity index (χ0v) is 15.9. The Bertz CT molecular complexity index is 975. The Balaban J connectivity index is 1.64. The summed E-state index contributed by atoms with van der Waals surface area (Å²) >= 11 is 0. The number of pyridine rings is 1. The molecule has 0 saturated carbocycles. The van der Waals surface area contributed by atoms with E-state index in [1.807, 2.05) is 12.1 Å². The summed E-state index contributed by atoms with van der Waals surface area (Å²) in [5.74, 6) is 0.419. The van der Waals surface area contributed by atoms with Crippen molar-refractivity contribution in [2.75, 3.05) is 25.2 Å². The molecule has 2 aliphatic heterocycles. The average Bonchev–Trinajstić information content (AvgIpc) is 3.05. The molecule has 27 heavy (non-hydrogen) atoms. The number of nitrogens with one attached hydrogen (secondary N) is 1. The number of methoxy groups -OCH3 is 1. The Kier molecular flexibility index (Phi) is 4.55. The maximum atomic E-state index is 13.2. The van der Waals surface area contributed by atoms with Gasteiger partial charge in [0.15, 0.2) is 9.84 Å². The number of aromatic nitrogens is 1. The van der Waals surface area contributed by atoms with Crippen molar-refractivity contribution in [2.24, 2.45) is 0 Å². The molecule has 144 valence electrons. The molecule has 1 atom stereocenters. The molecule has 1 N–H and O–H groups in total. The van der Waals surface area contributed by atoms with Crippen molar-refractivity contribution >= 4 is 26.6 Å². The lowest BCUT2D eigenvalue weighted by Crippen LogP contribution is -2.53. The summed E-state index contributed by atoms with van der Waals surface area (Å²) in [5, 5.41) is 3.80. The fourth-order valence-corrected chi connectivity index (χ4v) is 5.61. The molecule has 3 heterocycles. The molecule has 1 amide bonds. The van der Waals surface area contributed by atoms with Gasteiger partial charge in [0.25, 0.3) is 5.91 Å². The van der Waals surface area contributed by atoms with Gasteiger partial charge >= 0.3 is 0 Å². The van der Waals surface area contributed by atoms with Crippen LogP contribution in [0.25, 0.3) is 10.9 Å². The molecular weight excluding hydrogens is 368 g/mol. The van der Waals surface area contributed by atoms with E-state index in [1.165, 1.54) is 7.11 Å². The number of nitrogens with zero attached hydrogens (tertiary/aromatic N) is 1. The minimum Gasteiger partial charge on any atom is -0.496 e. The van der Waals surface area contributed by atoms with E-state index in [0.29, 0.717) is 48.1 Å². The van der Waals surface area contributed by atoms with Crippen LogP contribution in [-0.2, 0) is 14.6 Å². The summed E-state index contributed by atoms with van der Waals surface area (Å²) < 4.78 is 35.0. The second kappa shape index (κ2) is 6.76. The molecule has 2 aliphatic rings. The number of hydrogen-bond acceptors (Lipinski definition) is 6. The lowest BCUT2D eigenvalue weighted by molar-refractivity contribution is -0.0174. The Hall–Kier alpha value is -2.19. The summed E-state index contributed by atoms with van der Waals surface area (Å²) in [5.41, 5.74) is 0.551. The van der Waals surface area contributed by atoms with Gasteiger partial charge in [-0.05, 0) is 37.5 Å². The third-order valence-corrected chi connectivity index (χ3v) is 7.26. The van der Waals surface area contributed by atoms with Crippen molar-refractivity contribution in [3.63, 3.8) is 0 Å². The standard InChI is InChI=1S/C19H22N2O5S/c1-25-15-5-4-14-13(3-2-9-20-14)17(15)18(22)21-16-6-10-26-19(16)7-11-27(23,24)12-8-19/h2-5,9,16H,6-8,10-12H2,1H3,(H,21,22). The molecule has 1 unspecified atom stereocenters. The Morgan fingerprint density at radius 3 is 2.81 bits per heavy atom. The molecule has 0 bridgehead atoms. The first kappa shape index (κ1) is 18.2. The maximum absolute atomic E-state index is 13.2. The monoisotopic (exact) mass is 390 g/mol. The van der Waals surface area contributed by atoms with Crippen molar-refractivity contribution < 1.29 is 22.7 Å². The molecule has 1 aromatic heterocycles. The van der Waals surface area contributed by atoms with E-state index in [-0.39, 0.29) is 23.5 Å². The number of carbonyl (C=O) groups is 1. The van der Waals surface area contributed by atoms with Crippen LogP contribution in [0.1, 0.15) is 29.6 Å². The number of carbonyl (C=O) groups excluding carboxylic acids is 1. The second-order valence-electron chi connectivity index (χ2n) is 7.09. The van der Waals surface area contributed by atoms with Crippen LogP contribution < -0.4 is 10.1 Å². The van der Waals surface area contributed by atoms with Gasteiger partial charge in [0.05, 0.1) is 41.3 Å². The Morgan fingerprint density at radius 1 is 1.30 bits per heavy atom.